The van der Waals surface area contributed by atoms with Crippen molar-refractivity contribution in [3.05, 3.63) is 42.7 Å². The SMILES string of the molecule is C=CCC(OCC)c1ccccn1. The summed E-state index contributed by atoms with van der Waals surface area (Å²) in [5, 5.41) is 0. The molecular weight excluding hydrogens is 162 g/mol. The third kappa shape index (κ3) is 2.99. The zero-order valence-electron chi connectivity index (χ0n) is 7.94. The fraction of sp³-hybridized carbons (Fsp3) is 0.364. The third-order valence-electron chi connectivity index (χ3n) is 1.77. The highest BCUT2D eigenvalue weighted by Gasteiger charge is 2.09. The van der Waals surface area contributed by atoms with Gasteiger partial charge in [0.15, 0.2) is 0 Å². The molecule has 0 spiro atoms. The van der Waals surface area contributed by atoms with E-state index in [-0.39, 0.29) is 6.10 Å². The molecule has 0 amide bonds. The van der Waals surface area contributed by atoms with Gasteiger partial charge >= 0.3 is 0 Å². The van der Waals surface area contributed by atoms with E-state index in [4.69, 9.17) is 4.74 Å². The Bertz CT molecular complexity index is 246. The van der Waals surface area contributed by atoms with Crippen LogP contribution in [0.3, 0.4) is 0 Å². The van der Waals surface area contributed by atoms with Gasteiger partial charge in [-0.1, -0.05) is 12.1 Å². The standard InChI is InChI=1S/C11H15NO/c1-3-7-11(13-4-2)10-8-5-6-9-12-10/h3,5-6,8-9,11H,1,4,7H2,2H3. The maximum atomic E-state index is 5.53. The van der Waals surface area contributed by atoms with E-state index in [1.807, 2.05) is 31.2 Å². The Balaban J connectivity index is 2.69. The number of nitrogens with zero attached hydrogens (tertiary/aromatic N) is 1. The third-order valence-corrected chi connectivity index (χ3v) is 1.77. The smallest absolute Gasteiger partial charge is 0.103 e. The molecule has 0 radical (unpaired) electrons. The molecule has 0 aliphatic heterocycles. The molecule has 0 saturated carbocycles. The Morgan fingerprint density at radius 2 is 2.46 bits per heavy atom. The topological polar surface area (TPSA) is 22.1 Å². The largest absolute Gasteiger partial charge is 0.372 e. The van der Waals surface area contributed by atoms with Crippen LogP contribution in [0.15, 0.2) is 37.1 Å². The zero-order valence-corrected chi connectivity index (χ0v) is 7.94. The summed E-state index contributed by atoms with van der Waals surface area (Å²) >= 11 is 0. The fourth-order valence-corrected chi connectivity index (χ4v) is 1.19. The fourth-order valence-electron chi connectivity index (χ4n) is 1.19. The molecule has 0 saturated heterocycles. The summed E-state index contributed by atoms with van der Waals surface area (Å²) in [5.41, 5.74) is 0.976. The highest BCUT2D eigenvalue weighted by atomic mass is 16.5. The van der Waals surface area contributed by atoms with E-state index >= 15 is 0 Å². The predicted octanol–water partition coefficient (Wildman–Crippen LogP) is 2.74. The molecule has 13 heavy (non-hydrogen) atoms. The lowest BCUT2D eigenvalue weighted by Gasteiger charge is -2.13. The molecule has 1 aromatic rings. The van der Waals surface area contributed by atoms with Crippen molar-refractivity contribution in [1.29, 1.82) is 0 Å². The molecular formula is C11H15NO. The molecule has 0 bridgehead atoms. The van der Waals surface area contributed by atoms with Gasteiger partial charge in [-0.15, -0.1) is 6.58 Å². The van der Waals surface area contributed by atoms with Crippen LogP contribution in [0.4, 0.5) is 0 Å². The van der Waals surface area contributed by atoms with Crippen LogP contribution in [0.1, 0.15) is 25.1 Å². The molecule has 0 aliphatic rings. The van der Waals surface area contributed by atoms with Gasteiger partial charge in [-0.25, -0.2) is 0 Å². The second-order valence-corrected chi connectivity index (χ2v) is 2.72. The van der Waals surface area contributed by atoms with Crippen LogP contribution in [0.2, 0.25) is 0 Å². The molecule has 1 rings (SSSR count). The van der Waals surface area contributed by atoms with Gasteiger partial charge in [-0.05, 0) is 25.5 Å². The van der Waals surface area contributed by atoms with E-state index in [2.05, 4.69) is 11.6 Å². The number of rotatable bonds is 5. The van der Waals surface area contributed by atoms with Gasteiger partial charge in [0.2, 0.25) is 0 Å². The Labute approximate surface area is 79.3 Å². The van der Waals surface area contributed by atoms with Gasteiger partial charge in [0.25, 0.3) is 0 Å². The van der Waals surface area contributed by atoms with Crippen molar-refractivity contribution in [2.24, 2.45) is 0 Å². The van der Waals surface area contributed by atoms with Crippen molar-refractivity contribution in [2.45, 2.75) is 19.4 Å². The molecule has 70 valence electrons. The summed E-state index contributed by atoms with van der Waals surface area (Å²) in [4.78, 5) is 4.24. The van der Waals surface area contributed by atoms with E-state index in [1.165, 1.54) is 0 Å². The van der Waals surface area contributed by atoms with E-state index < -0.39 is 0 Å². The Kier molecular flexibility index (Phi) is 4.19. The van der Waals surface area contributed by atoms with Crippen molar-refractivity contribution >= 4 is 0 Å². The van der Waals surface area contributed by atoms with E-state index in [0.29, 0.717) is 6.61 Å². The molecule has 1 unspecified atom stereocenters. The molecule has 0 N–H and O–H groups in total. The first-order valence-electron chi connectivity index (χ1n) is 4.52. The lowest BCUT2D eigenvalue weighted by molar-refractivity contribution is 0.0618. The van der Waals surface area contributed by atoms with Crippen LogP contribution in [-0.2, 0) is 4.74 Å². The molecule has 0 aromatic carbocycles. The second kappa shape index (κ2) is 5.49. The highest BCUT2D eigenvalue weighted by molar-refractivity contribution is 5.07. The number of aromatic nitrogens is 1. The first kappa shape index (κ1) is 9.93. The first-order chi connectivity index (χ1) is 6.38. The average Bonchev–Trinajstić information content (AvgIpc) is 2.19. The molecule has 0 fully saturated rings. The van der Waals surface area contributed by atoms with Crippen LogP contribution < -0.4 is 0 Å². The van der Waals surface area contributed by atoms with Crippen LogP contribution in [0.5, 0.6) is 0 Å². The molecule has 0 aliphatic carbocycles. The normalized spacial score (nSPS) is 12.4. The minimum absolute atomic E-state index is 0.0590. The van der Waals surface area contributed by atoms with Gasteiger partial charge in [-0.2, -0.15) is 0 Å². The maximum Gasteiger partial charge on any atom is 0.103 e. The summed E-state index contributed by atoms with van der Waals surface area (Å²) in [6.07, 6.45) is 4.51. The minimum atomic E-state index is 0.0590. The van der Waals surface area contributed by atoms with E-state index in [9.17, 15) is 0 Å². The number of pyridine rings is 1. The number of ether oxygens (including phenoxy) is 1. The van der Waals surface area contributed by atoms with Crippen molar-refractivity contribution in [3.8, 4) is 0 Å². The van der Waals surface area contributed by atoms with Crippen molar-refractivity contribution < 1.29 is 4.74 Å². The molecule has 1 heterocycles. The molecule has 2 heteroatoms. The quantitative estimate of drug-likeness (QED) is 0.645. The average molecular weight is 177 g/mol. The molecule has 1 atom stereocenters. The summed E-state index contributed by atoms with van der Waals surface area (Å²) < 4.78 is 5.53. The number of hydrogen-bond acceptors (Lipinski definition) is 2. The maximum absolute atomic E-state index is 5.53. The summed E-state index contributed by atoms with van der Waals surface area (Å²) in [6.45, 7) is 6.39. The van der Waals surface area contributed by atoms with Crippen molar-refractivity contribution in [2.75, 3.05) is 6.61 Å². The van der Waals surface area contributed by atoms with E-state index in [0.717, 1.165) is 12.1 Å². The van der Waals surface area contributed by atoms with Gasteiger partial charge in [-0.3, -0.25) is 4.98 Å². The predicted molar refractivity (Wildman–Crippen MR) is 53.4 cm³/mol. The van der Waals surface area contributed by atoms with Gasteiger partial charge < -0.3 is 4.74 Å². The second-order valence-electron chi connectivity index (χ2n) is 2.72. The Hall–Kier alpha value is -1.15. The Morgan fingerprint density at radius 1 is 1.62 bits per heavy atom. The minimum Gasteiger partial charge on any atom is -0.372 e. The van der Waals surface area contributed by atoms with E-state index in [1.54, 1.807) is 6.20 Å². The lowest BCUT2D eigenvalue weighted by atomic mass is 10.1. The van der Waals surface area contributed by atoms with Crippen molar-refractivity contribution in [3.63, 3.8) is 0 Å². The van der Waals surface area contributed by atoms with Crippen molar-refractivity contribution in [1.82, 2.24) is 4.98 Å². The lowest BCUT2D eigenvalue weighted by Crippen LogP contribution is -2.04. The van der Waals surface area contributed by atoms with Crippen LogP contribution in [0, 0.1) is 0 Å². The zero-order chi connectivity index (χ0) is 9.52. The summed E-state index contributed by atoms with van der Waals surface area (Å²) in [5.74, 6) is 0. The molecule has 1 aromatic heterocycles. The van der Waals surface area contributed by atoms with Crippen LogP contribution in [-0.4, -0.2) is 11.6 Å². The first-order valence-corrected chi connectivity index (χ1v) is 4.52. The van der Waals surface area contributed by atoms with Gasteiger partial charge in [0.1, 0.15) is 6.10 Å². The highest BCUT2D eigenvalue weighted by Crippen LogP contribution is 2.18. The van der Waals surface area contributed by atoms with Gasteiger partial charge in [0, 0.05) is 12.8 Å². The Morgan fingerprint density at radius 3 is 3.00 bits per heavy atom. The van der Waals surface area contributed by atoms with Gasteiger partial charge in [0.05, 0.1) is 5.69 Å². The van der Waals surface area contributed by atoms with Crippen LogP contribution >= 0.6 is 0 Å². The summed E-state index contributed by atoms with van der Waals surface area (Å²) in [6, 6.07) is 5.85. The number of hydrogen-bond donors (Lipinski definition) is 0. The van der Waals surface area contributed by atoms with Crippen LogP contribution in [0.25, 0.3) is 0 Å². The monoisotopic (exact) mass is 177 g/mol. The summed E-state index contributed by atoms with van der Waals surface area (Å²) in [7, 11) is 0. The molecule has 2 nitrogen and oxygen atoms in total.